The first kappa shape index (κ1) is 18.5. The number of carbonyl (C=O) groups is 2. The van der Waals surface area contributed by atoms with Gasteiger partial charge in [-0.1, -0.05) is 23.7 Å². The first-order valence-electron chi connectivity index (χ1n) is 8.72. The molecule has 2 heterocycles. The average molecular weight is 376 g/mol. The number of amides is 2. The van der Waals surface area contributed by atoms with Gasteiger partial charge in [0.2, 0.25) is 5.91 Å². The van der Waals surface area contributed by atoms with Gasteiger partial charge in [0.1, 0.15) is 5.76 Å². The maximum atomic E-state index is 12.1. The van der Waals surface area contributed by atoms with Crippen molar-refractivity contribution in [2.24, 2.45) is 0 Å². The Labute approximate surface area is 157 Å². The summed E-state index contributed by atoms with van der Waals surface area (Å²) in [4.78, 5) is 26.6. The Morgan fingerprint density at radius 2 is 1.88 bits per heavy atom. The molecule has 7 heteroatoms. The van der Waals surface area contributed by atoms with Crippen molar-refractivity contribution in [1.82, 2.24) is 15.5 Å². The van der Waals surface area contributed by atoms with Crippen LogP contribution in [-0.4, -0.2) is 42.9 Å². The Morgan fingerprint density at radius 1 is 1.12 bits per heavy atom. The maximum absolute atomic E-state index is 12.1. The van der Waals surface area contributed by atoms with Crippen molar-refractivity contribution in [2.75, 3.05) is 26.2 Å². The molecule has 0 radical (unpaired) electrons. The fourth-order valence-corrected chi connectivity index (χ4v) is 3.34. The van der Waals surface area contributed by atoms with Crippen molar-refractivity contribution < 1.29 is 14.0 Å². The summed E-state index contributed by atoms with van der Waals surface area (Å²) in [7, 11) is 0. The fraction of sp³-hybridized carbons (Fsp3) is 0.368. The number of halogens is 1. The van der Waals surface area contributed by atoms with Gasteiger partial charge in [-0.2, -0.15) is 0 Å². The van der Waals surface area contributed by atoms with E-state index in [-0.39, 0.29) is 24.4 Å². The van der Waals surface area contributed by atoms with Crippen LogP contribution in [0.3, 0.4) is 0 Å². The van der Waals surface area contributed by atoms with Gasteiger partial charge in [-0.3, -0.25) is 14.5 Å². The molecule has 1 saturated heterocycles. The zero-order chi connectivity index (χ0) is 18.4. The quantitative estimate of drug-likeness (QED) is 0.780. The Kier molecular flexibility index (Phi) is 6.30. The molecule has 1 aliphatic heterocycles. The fourth-order valence-electron chi connectivity index (χ4n) is 3.12. The summed E-state index contributed by atoms with van der Waals surface area (Å²) in [6.45, 7) is 2.32. The molecule has 1 atom stereocenters. The number of hydrogen-bond acceptors (Lipinski definition) is 4. The smallest absolute Gasteiger partial charge is 0.253 e. The van der Waals surface area contributed by atoms with Gasteiger partial charge in [0, 0.05) is 6.54 Å². The number of nitrogens with one attached hydrogen (secondary N) is 2. The van der Waals surface area contributed by atoms with Crippen molar-refractivity contribution in [3.8, 4) is 0 Å². The lowest BCUT2D eigenvalue weighted by Gasteiger charge is -2.26. The summed E-state index contributed by atoms with van der Waals surface area (Å²) in [6.07, 6.45) is 3.95. The van der Waals surface area contributed by atoms with Crippen LogP contribution in [0.4, 0.5) is 0 Å². The summed E-state index contributed by atoms with van der Waals surface area (Å²) >= 11 is 5.99. The van der Waals surface area contributed by atoms with Gasteiger partial charge in [0.25, 0.3) is 5.91 Å². The van der Waals surface area contributed by atoms with Gasteiger partial charge < -0.3 is 15.1 Å². The predicted octanol–water partition coefficient (Wildman–Crippen LogP) is 2.62. The third kappa shape index (κ3) is 4.65. The highest BCUT2D eigenvalue weighted by Crippen LogP contribution is 2.24. The van der Waals surface area contributed by atoms with Crippen molar-refractivity contribution in [3.05, 3.63) is 59.0 Å². The van der Waals surface area contributed by atoms with Crippen LogP contribution < -0.4 is 10.6 Å². The van der Waals surface area contributed by atoms with E-state index in [1.165, 1.54) is 0 Å². The molecule has 2 N–H and O–H groups in total. The molecule has 2 amide bonds. The number of carbonyl (C=O) groups excluding carboxylic acids is 2. The number of benzene rings is 1. The van der Waals surface area contributed by atoms with E-state index < -0.39 is 0 Å². The molecule has 1 aromatic carbocycles. The minimum atomic E-state index is -0.368. The van der Waals surface area contributed by atoms with Gasteiger partial charge in [-0.15, -0.1) is 0 Å². The first-order valence-corrected chi connectivity index (χ1v) is 9.10. The number of likely N-dealkylation sites (tertiary alicyclic amines) is 1. The number of hydrogen-bond donors (Lipinski definition) is 2. The van der Waals surface area contributed by atoms with Gasteiger partial charge in [-0.05, 0) is 50.2 Å². The van der Waals surface area contributed by atoms with E-state index in [4.69, 9.17) is 16.0 Å². The van der Waals surface area contributed by atoms with Crippen molar-refractivity contribution in [3.63, 3.8) is 0 Å². The highest BCUT2D eigenvalue weighted by Gasteiger charge is 2.25. The van der Waals surface area contributed by atoms with E-state index in [0.29, 0.717) is 17.1 Å². The van der Waals surface area contributed by atoms with Crippen LogP contribution in [0.15, 0.2) is 47.1 Å². The molecular weight excluding hydrogens is 354 g/mol. The van der Waals surface area contributed by atoms with Gasteiger partial charge >= 0.3 is 0 Å². The van der Waals surface area contributed by atoms with E-state index in [2.05, 4.69) is 15.5 Å². The summed E-state index contributed by atoms with van der Waals surface area (Å²) < 4.78 is 5.53. The first-order chi connectivity index (χ1) is 12.6. The topological polar surface area (TPSA) is 74.6 Å². The highest BCUT2D eigenvalue weighted by atomic mass is 35.5. The van der Waals surface area contributed by atoms with Crippen LogP contribution in [0.2, 0.25) is 5.02 Å². The van der Waals surface area contributed by atoms with Crippen molar-refractivity contribution >= 4 is 23.4 Å². The third-order valence-corrected chi connectivity index (χ3v) is 4.80. The van der Waals surface area contributed by atoms with E-state index in [1.54, 1.807) is 30.5 Å². The second-order valence-corrected chi connectivity index (χ2v) is 6.65. The lowest BCUT2D eigenvalue weighted by molar-refractivity contribution is -0.120. The molecule has 1 fully saturated rings. The second-order valence-electron chi connectivity index (χ2n) is 6.24. The van der Waals surface area contributed by atoms with E-state index in [0.717, 1.165) is 31.7 Å². The van der Waals surface area contributed by atoms with Crippen molar-refractivity contribution in [2.45, 2.75) is 18.9 Å². The minimum absolute atomic E-state index is 0.00993. The summed E-state index contributed by atoms with van der Waals surface area (Å²) in [6, 6.07) is 10.5. The summed E-state index contributed by atoms with van der Waals surface area (Å²) in [5.41, 5.74) is 0.354. The Morgan fingerprint density at radius 3 is 2.58 bits per heavy atom. The van der Waals surface area contributed by atoms with Crippen molar-refractivity contribution in [1.29, 1.82) is 0 Å². The third-order valence-electron chi connectivity index (χ3n) is 4.47. The largest absolute Gasteiger partial charge is 0.468 e. The second kappa shape index (κ2) is 8.87. The molecule has 1 aromatic heterocycles. The molecule has 0 saturated carbocycles. The Balaban J connectivity index is 1.51. The van der Waals surface area contributed by atoms with Gasteiger partial charge in [-0.25, -0.2) is 0 Å². The lowest BCUT2D eigenvalue weighted by atomic mass is 10.2. The SMILES string of the molecule is O=C(CNC(=O)c1ccccc1Cl)NC[C@@H](c1ccco1)N1CCCC1. The van der Waals surface area contributed by atoms with Crippen LogP contribution >= 0.6 is 11.6 Å². The summed E-state index contributed by atoms with van der Waals surface area (Å²) in [5.74, 6) is 0.223. The molecule has 2 aromatic rings. The van der Waals surface area contributed by atoms with Crippen LogP contribution in [0.25, 0.3) is 0 Å². The monoisotopic (exact) mass is 375 g/mol. The number of furan rings is 1. The van der Waals surface area contributed by atoms with Crippen LogP contribution in [0.5, 0.6) is 0 Å². The van der Waals surface area contributed by atoms with E-state index in [9.17, 15) is 9.59 Å². The molecule has 3 rings (SSSR count). The van der Waals surface area contributed by atoms with E-state index >= 15 is 0 Å². The minimum Gasteiger partial charge on any atom is -0.468 e. The van der Waals surface area contributed by atoms with Gasteiger partial charge in [0.05, 0.1) is 29.4 Å². The summed E-state index contributed by atoms with van der Waals surface area (Å²) in [5, 5.41) is 5.83. The molecule has 0 bridgehead atoms. The zero-order valence-electron chi connectivity index (χ0n) is 14.4. The van der Waals surface area contributed by atoms with Crippen LogP contribution in [-0.2, 0) is 4.79 Å². The molecular formula is C19H22ClN3O3. The molecule has 26 heavy (non-hydrogen) atoms. The molecule has 0 aliphatic carbocycles. The highest BCUT2D eigenvalue weighted by molar-refractivity contribution is 6.33. The predicted molar refractivity (Wildman–Crippen MR) is 99.1 cm³/mol. The number of nitrogens with zero attached hydrogens (tertiary/aromatic N) is 1. The molecule has 6 nitrogen and oxygen atoms in total. The average Bonchev–Trinajstić information content (AvgIpc) is 3.35. The van der Waals surface area contributed by atoms with Crippen LogP contribution in [0.1, 0.15) is 35.0 Å². The molecule has 0 unspecified atom stereocenters. The standard InChI is InChI=1S/C19H22ClN3O3/c20-15-7-2-1-6-14(15)19(25)22-13-18(24)21-12-16(17-8-5-11-26-17)23-9-3-4-10-23/h1-2,5-8,11,16H,3-4,9-10,12-13H2,(H,21,24)(H,22,25)/t16-/m0/s1. The normalized spacial score (nSPS) is 15.6. The Hall–Kier alpha value is -2.31. The van der Waals surface area contributed by atoms with Gasteiger partial charge in [0.15, 0.2) is 0 Å². The lowest BCUT2D eigenvalue weighted by Crippen LogP contribution is -2.41. The van der Waals surface area contributed by atoms with Crippen LogP contribution in [0, 0.1) is 0 Å². The molecule has 1 aliphatic rings. The zero-order valence-corrected chi connectivity index (χ0v) is 15.2. The maximum Gasteiger partial charge on any atom is 0.253 e. The molecule has 0 spiro atoms. The number of rotatable bonds is 7. The molecule has 138 valence electrons. The Bertz CT molecular complexity index is 742. The van der Waals surface area contributed by atoms with E-state index in [1.807, 2.05) is 12.1 Å².